The van der Waals surface area contributed by atoms with Crippen LogP contribution >= 0.6 is 0 Å². The van der Waals surface area contributed by atoms with Crippen molar-refractivity contribution >= 4 is 12.0 Å². The zero-order valence-corrected chi connectivity index (χ0v) is 25.8. The Labute approximate surface area is 253 Å². The molecule has 7 bridgehead atoms. The number of methoxy groups -OCH3 is 3. The molecule has 2 heterocycles. The first-order valence-electron chi connectivity index (χ1n) is 16.0. The number of esters is 1. The average Bonchev–Trinajstić information content (AvgIpc) is 3.59. The Morgan fingerprint density at radius 2 is 1.93 bits per heavy atom. The quantitative estimate of drug-likeness (QED) is 0.344. The number of nitrogens with zero attached hydrogens (tertiary/aromatic N) is 1. The lowest BCUT2D eigenvalue weighted by atomic mass is 9.43. The third kappa shape index (κ3) is 3.24. The number of ether oxygens (including phenoxy) is 6. The molecule has 9 heteroatoms. The second-order valence-electron chi connectivity index (χ2n) is 14.4. The third-order valence-electron chi connectivity index (χ3n) is 13.3. The van der Waals surface area contributed by atoms with Crippen molar-refractivity contribution in [2.24, 2.45) is 34.5 Å². The van der Waals surface area contributed by atoms with E-state index in [-0.39, 0.29) is 71.5 Å². The Balaban J connectivity index is 1.33. The Bertz CT molecular complexity index is 1320. The van der Waals surface area contributed by atoms with Gasteiger partial charge in [-0.25, -0.2) is 9.18 Å². The predicted molar refractivity (Wildman–Crippen MR) is 154 cm³/mol. The molecule has 0 unspecified atom stereocenters. The number of halogens is 1. The van der Waals surface area contributed by atoms with E-state index in [1.165, 1.54) is 18.2 Å². The fourth-order valence-electron chi connectivity index (χ4n) is 12.5. The van der Waals surface area contributed by atoms with Crippen LogP contribution in [0.2, 0.25) is 0 Å². The van der Waals surface area contributed by atoms with Crippen molar-refractivity contribution in [2.75, 3.05) is 41.2 Å². The summed E-state index contributed by atoms with van der Waals surface area (Å²) < 4.78 is 53.3. The maximum Gasteiger partial charge on any atom is 0.331 e. The van der Waals surface area contributed by atoms with Gasteiger partial charge in [-0.2, -0.15) is 0 Å². The lowest BCUT2D eigenvalue weighted by Gasteiger charge is -2.69. The first kappa shape index (κ1) is 28.6. The molecule has 1 aromatic rings. The molecule has 8 nitrogen and oxygen atoms in total. The molecule has 7 aliphatic rings. The molecular formula is C34H44FNO7. The first-order chi connectivity index (χ1) is 20.8. The van der Waals surface area contributed by atoms with Gasteiger partial charge in [-0.3, -0.25) is 4.90 Å². The van der Waals surface area contributed by atoms with Crippen molar-refractivity contribution in [3.05, 3.63) is 41.7 Å². The van der Waals surface area contributed by atoms with Crippen molar-refractivity contribution in [1.82, 2.24) is 4.90 Å². The van der Waals surface area contributed by atoms with Gasteiger partial charge in [0.1, 0.15) is 24.3 Å². The number of carbonyl (C=O) groups excluding carboxylic acids is 1. The molecule has 0 N–H and O–H groups in total. The van der Waals surface area contributed by atoms with Crippen LogP contribution in [0.3, 0.4) is 0 Å². The molecule has 0 amide bonds. The third-order valence-corrected chi connectivity index (χ3v) is 13.3. The summed E-state index contributed by atoms with van der Waals surface area (Å²) in [7, 11) is 5.46. The summed E-state index contributed by atoms with van der Waals surface area (Å²) in [5.41, 5.74) is -1.32. The molecule has 7 fully saturated rings. The Kier molecular flexibility index (Phi) is 6.36. The Morgan fingerprint density at radius 1 is 1.14 bits per heavy atom. The molecule has 5 aliphatic carbocycles. The minimum Gasteiger partial charge on any atom is -0.456 e. The maximum absolute atomic E-state index is 13.8. The molecule has 0 aromatic heterocycles. The van der Waals surface area contributed by atoms with Crippen molar-refractivity contribution < 1.29 is 37.6 Å². The number of hydrogen-bond donors (Lipinski definition) is 0. The van der Waals surface area contributed by atoms with E-state index < -0.39 is 23.3 Å². The fraction of sp³-hybridized carbons (Fsp3) is 0.735. The van der Waals surface area contributed by atoms with Gasteiger partial charge in [-0.1, -0.05) is 26.0 Å². The zero-order chi connectivity index (χ0) is 29.9. The van der Waals surface area contributed by atoms with E-state index in [2.05, 4.69) is 18.7 Å². The molecule has 2 saturated heterocycles. The van der Waals surface area contributed by atoms with Crippen LogP contribution in [0.15, 0.2) is 30.3 Å². The number of rotatable bonds is 7. The van der Waals surface area contributed by atoms with Gasteiger partial charge in [0, 0.05) is 63.5 Å². The van der Waals surface area contributed by atoms with Crippen LogP contribution in [0.4, 0.5) is 4.39 Å². The van der Waals surface area contributed by atoms with Crippen molar-refractivity contribution in [1.29, 1.82) is 0 Å². The highest BCUT2D eigenvalue weighted by Crippen LogP contribution is 2.82. The van der Waals surface area contributed by atoms with E-state index >= 15 is 0 Å². The SMILES string of the molecule is CCN1C[C@]2(C)CC[C@H](OC)[C@]34[C@@H]5C[C@H]6[C@H](OC)[C@@H]5[C@@]5(C[C@@H]6OC)OCO[C@]5([C@H]13)[C@@H](OC(=O)/C=C/c1ccc(F)cc1)[C@H]24. The van der Waals surface area contributed by atoms with Crippen LogP contribution < -0.4 is 0 Å². The highest BCUT2D eigenvalue weighted by molar-refractivity contribution is 5.87. The number of benzene rings is 1. The van der Waals surface area contributed by atoms with Crippen LogP contribution in [0.25, 0.3) is 6.08 Å². The van der Waals surface area contributed by atoms with Gasteiger partial charge in [0.15, 0.2) is 5.60 Å². The molecule has 5 saturated carbocycles. The number of likely N-dealkylation sites (N-methyl/N-ethyl adjacent to an activating group) is 1. The minimum absolute atomic E-state index is 0.00897. The summed E-state index contributed by atoms with van der Waals surface area (Å²) >= 11 is 0. The number of carbonyl (C=O) groups is 1. The molecule has 234 valence electrons. The van der Waals surface area contributed by atoms with Gasteiger partial charge in [-0.15, -0.1) is 0 Å². The molecule has 13 atom stereocenters. The highest BCUT2D eigenvalue weighted by atomic mass is 19.1. The van der Waals surface area contributed by atoms with Gasteiger partial charge >= 0.3 is 5.97 Å². The molecule has 1 aromatic carbocycles. The van der Waals surface area contributed by atoms with E-state index in [1.54, 1.807) is 25.3 Å². The largest absolute Gasteiger partial charge is 0.456 e. The first-order valence-corrected chi connectivity index (χ1v) is 16.0. The van der Waals surface area contributed by atoms with Gasteiger partial charge in [0.05, 0.1) is 24.4 Å². The molecular weight excluding hydrogens is 553 g/mol. The Hall–Kier alpha value is -1.88. The van der Waals surface area contributed by atoms with Crippen LogP contribution in [0, 0.1) is 40.3 Å². The van der Waals surface area contributed by atoms with Crippen LogP contribution in [0.1, 0.15) is 45.1 Å². The van der Waals surface area contributed by atoms with Crippen molar-refractivity contribution in [3.63, 3.8) is 0 Å². The number of fused-ring (bicyclic) bond motifs is 1. The van der Waals surface area contributed by atoms with E-state index in [4.69, 9.17) is 28.4 Å². The molecule has 3 spiro atoms. The van der Waals surface area contributed by atoms with Crippen LogP contribution in [0.5, 0.6) is 0 Å². The van der Waals surface area contributed by atoms with Crippen LogP contribution in [-0.4, -0.2) is 93.7 Å². The summed E-state index contributed by atoms with van der Waals surface area (Å²) in [5.74, 6) is -0.139. The molecule has 0 radical (unpaired) electrons. The smallest absolute Gasteiger partial charge is 0.331 e. The van der Waals surface area contributed by atoms with E-state index in [0.29, 0.717) is 6.42 Å². The summed E-state index contributed by atoms with van der Waals surface area (Å²) in [6.45, 7) is 6.55. The topological polar surface area (TPSA) is 75.7 Å². The number of piperidine rings is 1. The molecule has 43 heavy (non-hydrogen) atoms. The fourth-order valence-corrected chi connectivity index (χ4v) is 12.5. The lowest BCUT2D eigenvalue weighted by Crippen LogP contribution is -2.81. The van der Waals surface area contributed by atoms with Crippen molar-refractivity contribution in [3.8, 4) is 0 Å². The summed E-state index contributed by atoms with van der Waals surface area (Å²) in [5, 5.41) is 0. The molecule has 8 rings (SSSR count). The second kappa shape index (κ2) is 9.56. The highest BCUT2D eigenvalue weighted by Gasteiger charge is 2.94. The minimum atomic E-state index is -0.907. The van der Waals surface area contributed by atoms with Gasteiger partial charge in [0.25, 0.3) is 0 Å². The van der Waals surface area contributed by atoms with E-state index in [9.17, 15) is 9.18 Å². The predicted octanol–water partition coefficient (Wildman–Crippen LogP) is 4.07. The van der Waals surface area contributed by atoms with Gasteiger partial charge in [-0.05, 0) is 60.9 Å². The van der Waals surface area contributed by atoms with Crippen molar-refractivity contribution in [2.45, 2.75) is 81.2 Å². The zero-order valence-electron chi connectivity index (χ0n) is 25.8. The standard InChI is InChI=1S/C34H44FNO7/c1-6-36-17-31(2)14-13-24(39-4)33-22-15-21-23(38-3)16-32(26(22)27(21)40-5)34(30(33)36,42-18-41-32)29(28(31)33)43-25(37)12-9-19-7-10-20(35)11-8-19/h7-12,21-24,26-30H,6,13-18H2,1-5H3/b12-9+/t21-,22-,23+,24+,26-,27+,28-,29+,30-,31+,32-,33+,34+/m1/s1. The monoisotopic (exact) mass is 597 g/mol. The number of hydrogen-bond acceptors (Lipinski definition) is 8. The van der Waals surface area contributed by atoms with E-state index in [0.717, 1.165) is 37.9 Å². The molecule has 2 aliphatic heterocycles. The normalized spacial score (nSPS) is 50.7. The van der Waals surface area contributed by atoms with Gasteiger partial charge < -0.3 is 28.4 Å². The average molecular weight is 598 g/mol. The van der Waals surface area contributed by atoms with E-state index in [1.807, 2.05) is 14.2 Å². The second-order valence-corrected chi connectivity index (χ2v) is 14.4. The Morgan fingerprint density at radius 3 is 2.63 bits per heavy atom. The number of likely N-dealkylation sites (tertiary alicyclic amines) is 1. The summed E-state index contributed by atoms with van der Waals surface area (Å²) in [6, 6.07) is 6.04. The lowest BCUT2D eigenvalue weighted by molar-refractivity contribution is -0.282. The summed E-state index contributed by atoms with van der Waals surface area (Å²) in [4.78, 5) is 16.5. The summed E-state index contributed by atoms with van der Waals surface area (Å²) in [6.07, 6.45) is 6.10. The van der Waals surface area contributed by atoms with Gasteiger partial charge in [0.2, 0.25) is 0 Å². The van der Waals surface area contributed by atoms with Crippen LogP contribution in [-0.2, 0) is 33.2 Å². The maximum atomic E-state index is 13.8.